The van der Waals surface area contributed by atoms with Crippen molar-refractivity contribution < 1.29 is 23.4 Å². The van der Waals surface area contributed by atoms with Gasteiger partial charge >= 0.3 is 12.6 Å². The summed E-state index contributed by atoms with van der Waals surface area (Å²) in [4.78, 5) is 11.2. The van der Waals surface area contributed by atoms with E-state index in [1.54, 1.807) is 16.7 Å². The van der Waals surface area contributed by atoms with Gasteiger partial charge < -0.3 is 14.4 Å². The van der Waals surface area contributed by atoms with Gasteiger partial charge in [0, 0.05) is 17.5 Å². The molecular formula is C13H11F2NO3. The summed E-state index contributed by atoms with van der Waals surface area (Å²) < 4.78 is 30.4. The maximum atomic E-state index is 12.2. The molecule has 0 saturated heterocycles. The van der Waals surface area contributed by atoms with Gasteiger partial charge in [-0.3, -0.25) is 0 Å². The topological polar surface area (TPSA) is 51.5 Å². The zero-order valence-electron chi connectivity index (χ0n) is 9.85. The monoisotopic (exact) mass is 267 g/mol. The molecule has 0 atom stereocenters. The van der Waals surface area contributed by atoms with Crippen LogP contribution in [0, 0.1) is 0 Å². The number of aromatic nitrogens is 1. The largest absolute Gasteiger partial charge is 0.477 e. The van der Waals surface area contributed by atoms with Crippen LogP contribution >= 0.6 is 0 Å². The van der Waals surface area contributed by atoms with Gasteiger partial charge in [0.1, 0.15) is 11.4 Å². The number of carboxylic acids is 1. The molecule has 6 heteroatoms. The van der Waals surface area contributed by atoms with Crippen LogP contribution in [0.4, 0.5) is 8.78 Å². The maximum absolute atomic E-state index is 12.2. The highest BCUT2D eigenvalue weighted by atomic mass is 19.3. The zero-order valence-corrected chi connectivity index (χ0v) is 9.85. The van der Waals surface area contributed by atoms with Gasteiger partial charge in [-0.15, -0.1) is 0 Å². The van der Waals surface area contributed by atoms with Crippen molar-refractivity contribution in [3.8, 4) is 5.75 Å². The average Bonchev–Trinajstić information content (AvgIpc) is 3.09. The van der Waals surface area contributed by atoms with Crippen molar-refractivity contribution in [1.29, 1.82) is 0 Å². The van der Waals surface area contributed by atoms with Crippen LogP contribution in [0.15, 0.2) is 24.3 Å². The number of alkyl halides is 2. The standard InChI is InChI=1S/C13H11F2NO3/c14-13(15)19-9-4-1-7-5-11(12(17)18)16(8-2-3-8)10(7)6-9/h1,4-6,8,13H,2-3H2,(H,17,18). The molecule has 1 aliphatic carbocycles. The second-order valence-electron chi connectivity index (χ2n) is 4.54. The summed E-state index contributed by atoms with van der Waals surface area (Å²) in [5, 5.41) is 9.90. The number of hydrogen-bond donors (Lipinski definition) is 1. The zero-order chi connectivity index (χ0) is 13.6. The summed E-state index contributed by atoms with van der Waals surface area (Å²) in [6, 6.07) is 6.18. The number of ether oxygens (including phenoxy) is 1. The van der Waals surface area contributed by atoms with Crippen molar-refractivity contribution in [1.82, 2.24) is 4.57 Å². The van der Waals surface area contributed by atoms with Crippen molar-refractivity contribution in [3.63, 3.8) is 0 Å². The number of fused-ring (bicyclic) bond motifs is 1. The summed E-state index contributed by atoms with van der Waals surface area (Å²) in [5.74, 6) is -0.973. The SMILES string of the molecule is O=C(O)c1cc2ccc(OC(F)F)cc2n1C1CC1. The number of hydrogen-bond acceptors (Lipinski definition) is 2. The van der Waals surface area contributed by atoms with Gasteiger partial charge in [0.15, 0.2) is 0 Å². The molecular weight excluding hydrogens is 256 g/mol. The van der Waals surface area contributed by atoms with Gasteiger partial charge in [0.2, 0.25) is 0 Å². The number of benzene rings is 1. The Bertz CT molecular complexity index is 647. The lowest BCUT2D eigenvalue weighted by Gasteiger charge is -2.08. The van der Waals surface area contributed by atoms with Crippen molar-refractivity contribution in [2.45, 2.75) is 25.5 Å². The van der Waals surface area contributed by atoms with E-state index in [1.807, 2.05) is 0 Å². The molecule has 2 aromatic rings. The minimum atomic E-state index is -2.89. The highest BCUT2D eigenvalue weighted by molar-refractivity contribution is 5.95. The molecule has 1 fully saturated rings. The van der Waals surface area contributed by atoms with E-state index in [4.69, 9.17) is 0 Å². The number of carbonyl (C=O) groups is 1. The molecule has 1 aromatic carbocycles. The fraction of sp³-hybridized carbons (Fsp3) is 0.308. The van der Waals surface area contributed by atoms with E-state index in [2.05, 4.69) is 4.74 Å². The molecule has 3 rings (SSSR count). The van der Waals surface area contributed by atoms with E-state index in [0.717, 1.165) is 12.8 Å². The quantitative estimate of drug-likeness (QED) is 0.924. The fourth-order valence-electron chi connectivity index (χ4n) is 2.27. The van der Waals surface area contributed by atoms with Crippen LogP contribution in [0.3, 0.4) is 0 Å². The first-order chi connectivity index (χ1) is 9.06. The minimum absolute atomic E-state index is 0.0411. The number of carboxylic acid groups (broad SMARTS) is 1. The maximum Gasteiger partial charge on any atom is 0.387 e. The van der Waals surface area contributed by atoms with Gasteiger partial charge in [0.05, 0.1) is 5.52 Å². The van der Waals surface area contributed by atoms with E-state index in [-0.39, 0.29) is 17.5 Å². The molecule has 0 radical (unpaired) electrons. The van der Waals surface area contributed by atoms with Gasteiger partial charge in [-0.2, -0.15) is 8.78 Å². The van der Waals surface area contributed by atoms with Crippen LogP contribution in [0.5, 0.6) is 5.75 Å². The molecule has 1 heterocycles. The predicted octanol–water partition coefficient (Wildman–Crippen LogP) is 3.28. The van der Waals surface area contributed by atoms with Gasteiger partial charge in [-0.25, -0.2) is 4.79 Å². The Morgan fingerprint density at radius 2 is 2.11 bits per heavy atom. The third-order valence-electron chi connectivity index (χ3n) is 3.17. The van der Waals surface area contributed by atoms with Crippen LogP contribution < -0.4 is 4.74 Å². The highest BCUT2D eigenvalue weighted by Crippen LogP contribution is 2.40. The number of rotatable bonds is 4. The Hall–Kier alpha value is -2.11. The lowest BCUT2D eigenvalue weighted by molar-refractivity contribution is -0.0497. The molecule has 0 unspecified atom stereocenters. The molecule has 1 aliphatic rings. The molecule has 100 valence electrons. The Morgan fingerprint density at radius 1 is 1.37 bits per heavy atom. The second kappa shape index (κ2) is 4.22. The first-order valence-corrected chi connectivity index (χ1v) is 5.89. The number of nitrogens with zero attached hydrogens (tertiary/aromatic N) is 1. The highest BCUT2D eigenvalue weighted by Gasteiger charge is 2.29. The van der Waals surface area contributed by atoms with E-state index < -0.39 is 12.6 Å². The average molecular weight is 267 g/mol. The molecule has 1 saturated carbocycles. The summed E-state index contributed by atoms with van der Waals surface area (Å²) in [6.45, 7) is -2.89. The van der Waals surface area contributed by atoms with Gasteiger partial charge in [-0.05, 0) is 31.0 Å². The van der Waals surface area contributed by atoms with Crippen LogP contribution in [0.2, 0.25) is 0 Å². The van der Waals surface area contributed by atoms with Crippen molar-refractivity contribution in [2.75, 3.05) is 0 Å². The molecule has 0 bridgehead atoms. The first-order valence-electron chi connectivity index (χ1n) is 5.89. The Labute approximate surface area is 107 Å². The number of aromatic carboxylic acids is 1. The molecule has 1 aromatic heterocycles. The van der Waals surface area contributed by atoms with Crippen LogP contribution in [-0.2, 0) is 0 Å². The predicted molar refractivity (Wildman–Crippen MR) is 63.8 cm³/mol. The minimum Gasteiger partial charge on any atom is -0.477 e. The molecule has 0 aliphatic heterocycles. The third kappa shape index (κ3) is 2.14. The summed E-state index contributed by atoms with van der Waals surface area (Å²) in [7, 11) is 0. The van der Waals surface area contributed by atoms with Gasteiger partial charge in [0.25, 0.3) is 0 Å². The summed E-state index contributed by atoms with van der Waals surface area (Å²) >= 11 is 0. The number of halogens is 2. The third-order valence-corrected chi connectivity index (χ3v) is 3.17. The lowest BCUT2D eigenvalue weighted by atomic mass is 10.2. The summed E-state index contributed by atoms with van der Waals surface area (Å²) in [6.07, 6.45) is 1.81. The molecule has 0 amide bonds. The first kappa shape index (κ1) is 12.0. The Balaban J connectivity index is 2.14. The molecule has 19 heavy (non-hydrogen) atoms. The van der Waals surface area contributed by atoms with Gasteiger partial charge in [-0.1, -0.05) is 0 Å². The van der Waals surface area contributed by atoms with Crippen molar-refractivity contribution in [3.05, 3.63) is 30.0 Å². The van der Waals surface area contributed by atoms with E-state index in [9.17, 15) is 18.7 Å². The van der Waals surface area contributed by atoms with E-state index >= 15 is 0 Å². The Morgan fingerprint density at radius 3 is 2.68 bits per heavy atom. The summed E-state index contributed by atoms with van der Waals surface area (Å²) in [5.41, 5.74) is 0.810. The smallest absolute Gasteiger partial charge is 0.387 e. The molecule has 4 nitrogen and oxygen atoms in total. The van der Waals surface area contributed by atoms with E-state index in [1.165, 1.54) is 12.1 Å². The molecule has 1 N–H and O–H groups in total. The van der Waals surface area contributed by atoms with E-state index in [0.29, 0.717) is 10.9 Å². The second-order valence-corrected chi connectivity index (χ2v) is 4.54. The fourth-order valence-corrected chi connectivity index (χ4v) is 2.27. The van der Waals surface area contributed by atoms with Crippen molar-refractivity contribution in [2.24, 2.45) is 0 Å². The normalized spacial score (nSPS) is 15.1. The Kier molecular flexibility index (Phi) is 2.66. The lowest BCUT2D eigenvalue weighted by Crippen LogP contribution is -2.07. The molecule has 0 spiro atoms. The van der Waals surface area contributed by atoms with Crippen molar-refractivity contribution >= 4 is 16.9 Å². The van der Waals surface area contributed by atoms with Crippen LogP contribution in [0.1, 0.15) is 29.4 Å². The van der Waals surface area contributed by atoms with Crippen LogP contribution in [-0.4, -0.2) is 22.3 Å². The van der Waals surface area contributed by atoms with Crippen LogP contribution in [0.25, 0.3) is 10.9 Å².